The van der Waals surface area contributed by atoms with Crippen LogP contribution in [-0.4, -0.2) is 52.8 Å². The molecule has 0 unspecified atom stereocenters. The average molecular weight is 345 g/mol. The predicted octanol–water partition coefficient (Wildman–Crippen LogP) is 2.03. The summed E-state index contributed by atoms with van der Waals surface area (Å²) in [5, 5.41) is 1.94. The Labute approximate surface area is 144 Å². The van der Waals surface area contributed by atoms with Gasteiger partial charge in [-0.3, -0.25) is 9.59 Å². The van der Waals surface area contributed by atoms with E-state index < -0.39 is 0 Å². The number of thiazole rings is 1. The maximum absolute atomic E-state index is 12.5. The number of nitrogens with zero attached hydrogens (tertiary/aromatic N) is 3. The molecule has 1 aliphatic heterocycles. The molecular formula is C17H19N3O3S. The molecule has 2 heterocycles. The van der Waals surface area contributed by atoms with E-state index in [2.05, 4.69) is 4.98 Å². The lowest BCUT2D eigenvalue weighted by Gasteiger charge is -2.34. The molecule has 2 aromatic rings. The first-order chi connectivity index (χ1) is 11.6. The minimum Gasteiger partial charge on any atom is -0.487 e. The molecule has 3 rings (SSSR count). The maximum Gasteiger partial charge on any atom is 0.253 e. The van der Waals surface area contributed by atoms with Gasteiger partial charge in [-0.1, -0.05) is 0 Å². The predicted molar refractivity (Wildman–Crippen MR) is 91.0 cm³/mol. The van der Waals surface area contributed by atoms with Crippen molar-refractivity contribution in [1.29, 1.82) is 0 Å². The molecule has 1 fully saturated rings. The second kappa shape index (κ2) is 7.44. The fraction of sp³-hybridized carbons (Fsp3) is 0.353. The summed E-state index contributed by atoms with van der Waals surface area (Å²) in [6.07, 6.45) is 0. The minimum absolute atomic E-state index is 0.00995. The first-order valence-electron chi connectivity index (χ1n) is 7.78. The summed E-state index contributed by atoms with van der Waals surface area (Å²) in [5.74, 6) is 0.758. The first-order valence-corrected chi connectivity index (χ1v) is 8.72. The molecule has 2 amide bonds. The quantitative estimate of drug-likeness (QED) is 0.851. The Kier molecular flexibility index (Phi) is 5.10. The van der Waals surface area contributed by atoms with Crippen molar-refractivity contribution in [2.24, 2.45) is 0 Å². The number of carbonyl (C=O) groups excluding carboxylic acids is 2. The van der Waals surface area contributed by atoms with Crippen LogP contribution in [0.3, 0.4) is 0 Å². The summed E-state index contributed by atoms with van der Waals surface area (Å²) in [6, 6.07) is 7.14. The van der Waals surface area contributed by atoms with E-state index in [1.54, 1.807) is 46.5 Å². The van der Waals surface area contributed by atoms with Crippen molar-refractivity contribution in [1.82, 2.24) is 14.8 Å². The highest BCUT2D eigenvalue weighted by Crippen LogP contribution is 2.16. The Hall–Kier alpha value is -2.41. The fourth-order valence-corrected chi connectivity index (χ4v) is 3.11. The van der Waals surface area contributed by atoms with Crippen LogP contribution in [-0.2, 0) is 11.4 Å². The van der Waals surface area contributed by atoms with Gasteiger partial charge in [-0.15, -0.1) is 11.3 Å². The molecular weight excluding hydrogens is 326 g/mol. The normalized spacial score (nSPS) is 14.5. The molecule has 0 saturated carbocycles. The van der Waals surface area contributed by atoms with Gasteiger partial charge in [-0.05, 0) is 24.3 Å². The van der Waals surface area contributed by atoms with Crippen molar-refractivity contribution in [3.8, 4) is 5.75 Å². The molecule has 1 aliphatic rings. The van der Waals surface area contributed by atoms with Gasteiger partial charge in [-0.25, -0.2) is 4.98 Å². The maximum atomic E-state index is 12.5. The number of rotatable bonds is 4. The van der Waals surface area contributed by atoms with Crippen LogP contribution in [0.5, 0.6) is 5.75 Å². The van der Waals surface area contributed by atoms with Crippen molar-refractivity contribution in [3.05, 3.63) is 46.4 Å². The summed E-state index contributed by atoms with van der Waals surface area (Å²) in [6.45, 7) is 4.30. The van der Waals surface area contributed by atoms with Crippen LogP contribution in [0, 0.1) is 0 Å². The zero-order valence-electron chi connectivity index (χ0n) is 13.5. The first kappa shape index (κ1) is 16.4. The number of piperazine rings is 1. The van der Waals surface area contributed by atoms with E-state index >= 15 is 0 Å². The summed E-state index contributed by atoms with van der Waals surface area (Å²) < 4.78 is 5.65. The number of hydrogen-bond acceptors (Lipinski definition) is 5. The lowest BCUT2D eigenvalue weighted by Crippen LogP contribution is -2.50. The van der Waals surface area contributed by atoms with E-state index in [-0.39, 0.29) is 11.8 Å². The van der Waals surface area contributed by atoms with Crippen LogP contribution < -0.4 is 4.74 Å². The molecule has 24 heavy (non-hydrogen) atoms. The Morgan fingerprint density at radius 3 is 2.38 bits per heavy atom. The third-order valence-electron chi connectivity index (χ3n) is 3.98. The van der Waals surface area contributed by atoms with Gasteiger partial charge in [-0.2, -0.15) is 0 Å². The Morgan fingerprint density at radius 2 is 1.79 bits per heavy atom. The summed E-state index contributed by atoms with van der Waals surface area (Å²) in [5.41, 5.74) is 3.29. The largest absolute Gasteiger partial charge is 0.487 e. The SMILES string of the molecule is CC(=O)N1CCN(C(=O)c2ccc(OCc3cscn3)cc2)CC1. The topological polar surface area (TPSA) is 62.7 Å². The lowest BCUT2D eigenvalue weighted by molar-refractivity contribution is -0.130. The Bertz CT molecular complexity index is 692. The van der Waals surface area contributed by atoms with E-state index in [4.69, 9.17) is 4.74 Å². The number of carbonyl (C=O) groups is 2. The van der Waals surface area contributed by atoms with Crippen LogP contribution >= 0.6 is 11.3 Å². The van der Waals surface area contributed by atoms with Crippen molar-refractivity contribution in [2.75, 3.05) is 26.2 Å². The van der Waals surface area contributed by atoms with Gasteiger partial charge in [0.15, 0.2) is 0 Å². The smallest absolute Gasteiger partial charge is 0.253 e. The van der Waals surface area contributed by atoms with Crippen LogP contribution in [0.1, 0.15) is 23.0 Å². The van der Waals surface area contributed by atoms with E-state index in [1.807, 2.05) is 5.38 Å². The van der Waals surface area contributed by atoms with Crippen molar-refractivity contribution < 1.29 is 14.3 Å². The zero-order chi connectivity index (χ0) is 16.9. The number of benzene rings is 1. The molecule has 0 N–H and O–H groups in total. The number of hydrogen-bond donors (Lipinski definition) is 0. The number of ether oxygens (including phenoxy) is 1. The van der Waals surface area contributed by atoms with Gasteiger partial charge in [0.25, 0.3) is 5.91 Å². The van der Waals surface area contributed by atoms with E-state index in [1.165, 1.54) is 11.3 Å². The van der Waals surface area contributed by atoms with Crippen LogP contribution in [0.25, 0.3) is 0 Å². The minimum atomic E-state index is -0.00995. The van der Waals surface area contributed by atoms with E-state index in [9.17, 15) is 9.59 Å². The van der Waals surface area contributed by atoms with Crippen LogP contribution in [0.4, 0.5) is 0 Å². The third-order valence-corrected chi connectivity index (χ3v) is 4.62. The molecule has 1 aromatic carbocycles. The molecule has 0 bridgehead atoms. The standard InChI is InChI=1S/C17H19N3O3S/c1-13(21)19-6-8-20(9-7-19)17(22)14-2-4-16(5-3-14)23-10-15-11-24-12-18-15/h2-5,11-12H,6-10H2,1H3. The van der Waals surface area contributed by atoms with Crippen molar-refractivity contribution in [2.45, 2.75) is 13.5 Å². The highest BCUT2D eigenvalue weighted by Gasteiger charge is 2.23. The van der Waals surface area contributed by atoms with Gasteiger partial charge in [0.2, 0.25) is 5.91 Å². The number of amides is 2. The van der Waals surface area contributed by atoms with Gasteiger partial charge >= 0.3 is 0 Å². The van der Waals surface area contributed by atoms with E-state index in [0.29, 0.717) is 44.1 Å². The molecule has 0 atom stereocenters. The second-order valence-electron chi connectivity index (χ2n) is 5.59. The fourth-order valence-electron chi connectivity index (χ4n) is 2.57. The molecule has 0 spiro atoms. The molecule has 1 saturated heterocycles. The monoisotopic (exact) mass is 345 g/mol. The average Bonchev–Trinajstić information content (AvgIpc) is 3.13. The molecule has 7 heteroatoms. The second-order valence-corrected chi connectivity index (χ2v) is 6.31. The van der Waals surface area contributed by atoms with Gasteiger partial charge < -0.3 is 14.5 Å². The highest BCUT2D eigenvalue weighted by atomic mass is 32.1. The highest BCUT2D eigenvalue weighted by molar-refractivity contribution is 7.07. The zero-order valence-corrected chi connectivity index (χ0v) is 14.3. The molecule has 0 aliphatic carbocycles. The Morgan fingerprint density at radius 1 is 1.12 bits per heavy atom. The molecule has 0 radical (unpaired) electrons. The van der Waals surface area contributed by atoms with Gasteiger partial charge in [0.1, 0.15) is 12.4 Å². The van der Waals surface area contributed by atoms with Crippen LogP contribution in [0.2, 0.25) is 0 Å². The van der Waals surface area contributed by atoms with Crippen LogP contribution in [0.15, 0.2) is 35.2 Å². The molecule has 6 nitrogen and oxygen atoms in total. The number of aromatic nitrogens is 1. The summed E-state index contributed by atoms with van der Waals surface area (Å²) in [4.78, 5) is 31.5. The van der Waals surface area contributed by atoms with Gasteiger partial charge in [0, 0.05) is 44.0 Å². The Balaban J connectivity index is 1.55. The molecule has 1 aromatic heterocycles. The summed E-state index contributed by atoms with van der Waals surface area (Å²) >= 11 is 1.53. The lowest BCUT2D eigenvalue weighted by atomic mass is 10.1. The molecule has 126 valence electrons. The summed E-state index contributed by atoms with van der Waals surface area (Å²) in [7, 11) is 0. The van der Waals surface area contributed by atoms with E-state index in [0.717, 1.165) is 5.69 Å². The van der Waals surface area contributed by atoms with Crippen molar-refractivity contribution in [3.63, 3.8) is 0 Å². The third kappa shape index (κ3) is 3.91. The van der Waals surface area contributed by atoms with Gasteiger partial charge in [0.05, 0.1) is 11.2 Å². The van der Waals surface area contributed by atoms with Crippen molar-refractivity contribution >= 4 is 23.2 Å².